The van der Waals surface area contributed by atoms with E-state index in [1.807, 2.05) is 13.8 Å². The largest absolute Gasteiger partial charge is 0.495 e. The summed E-state index contributed by atoms with van der Waals surface area (Å²) in [5, 5.41) is 17.3. The number of allylic oxidation sites excluding steroid dienone is 1. The van der Waals surface area contributed by atoms with Crippen LogP contribution in [0.25, 0.3) is 0 Å². The van der Waals surface area contributed by atoms with Crippen molar-refractivity contribution < 1.29 is 14.9 Å². The third-order valence-corrected chi connectivity index (χ3v) is 1.95. The van der Waals surface area contributed by atoms with Crippen LogP contribution in [0.4, 0.5) is 0 Å². The third-order valence-electron chi connectivity index (χ3n) is 1.95. The van der Waals surface area contributed by atoms with Gasteiger partial charge >= 0.3 is 0 Å². The van der Waals surface area contributed by atoms with Crippen molar-refractivity contribution >= 4 is 0 Å². The van der Waals surface area contributed by atoms with Gasteiger partial charge in [-0.1, -0.05) is 0 Å². The molecule has 0 aromatic rings. The van der Waals surface area contributed by atoms with Crippen LogP contribution in [0.3, 0.4) is 0 Å². The van der Waals surface area contributed by atoms with Crippen molar-refractivity contribution in [2.24, 2.45) is 0 Å². The van der Waals surface area contributed by atoms with Gasteiger partial charge in [-0.25, -0.2) is 0 Å². The third kappa shape index (κ3) is 2.20. The molecule has 0 saturated heterocycles. The second-order valence-electron chi connectivity index (χ2n) is 3.00. The fraction of sp³-hybridized carbons (Fsp3) is 0.750. The van der Waals surface area contributed by atoms with Crippen molar-refractivity contribution in [3.63, 3.8) is 0 Å². The second-order valence-corrected chi connectivity index (χ2v) is 3.00. The van der Waals surface area contributed by atoms with E-state index in [2.05, 4.69) is 0 Å². The quantitative estimate of drug-likeness (QED) is 0.583. The number of hydrogen-bond donors (Lipinski definition) is 2. The minimum Gasteiger partial charge on any atom is -0.495 e. The lowest BCUT2D eigenvalue weighted by Gasteiger charge is -2.12. The van der Waals surface area contributed by atoms with Gasteiger partial charge in [-0.15, -0.1) is 0 Å². The molecular weight excluding hydrogens is 144 g/mol. The van der Waals surface area contributed by atoms with Gasteiger partial charge in [0.2, 0.25) is 0 Å². The molecule has 0 bridgehead atoms. The van der Waals surface area contributed by atoms with Crippen LogP contribution in [0, 0.1) is 0 Å². The average molecular weight is 158 g/mol. The van der Waals surface area contributed by atoms with Crippen LogP contribution in [0.15, 0.2) is 11.3 Å². The molecule has 64 valence electrons. The van der Waals surface area contributed by atoms with E-state index < -0.39 is 6.29 Å². The Kier molecular flexibility index (Phi) is 2.52. The van der Waals surface area contributed by atoms with E-state index in [0.29, 0.717) is 6.42 Å². The standard InChI is InChI=1S/C8H14O3/c1-5-3-7(4-8(9)10)11-6(5)2/h7-10H,3-4H2,1-2H3. The Balaban J connectivity index is 2.36. The van der Waals surface area contributed by atoms with E-state index in [1.54, 1.807) is 0 Å². The first kappa shape index (κ1) is 8.56. The van der Waals surface area contributed by atoms with Gasteiger partial charge in [0.25, 0.3) is 0 Å². The Bertz CT molecular complexity index is 158. The van der Waals surface area contributed by atoms with E-state index in [-0.39, 0.29) is 6.10 Å². The van der Waals surface area contributed by atoms with Crippen LogP contribution in [0.1, 0.15) is 26.7 Å². The zero-order valence-electron chi connectivity index (χ0n) is 6.87. The highest BCUT2D eigenvalue weighted by molar-refractivity contribution is 5.10. The smallest absolute Gasteiger partial charge is 0.154 e. The number of hydrogen-bond acceptors (Lipinski definition) is 3. The first-order chi connectivity index (χ1) is 5.09. The Morgan fingerprint density at radius 2 is 2.18 bits per heavy atom. The molecule has 1 aliphatic rings. The fourth-order valence-electron chi connectivity index (χ4n) is 1.24. The molecule has 1 rings (SSSR count). The molecular formula is C8H14O3. The zero-order chi connectivity index (χ0) is 8.43. The van der Waals surface area contributed by atoms with Gasteiger partial charge in [0.1, 0.15) is 6.10 Å². The summed E-state index contributed by atoms with van der Waals surface area (Å²) in [6.45, 7) is 3.90. The van der Waals surface area contributed by atoms with Gasteiger partial charge in [-0.3, -0.25) is 0 Å². The highest BCUT2D eigenvalue weighted by atomic mass is 16.5. The molecule has 0 aliphatic carbocycles. The predicted molar refractivity (Wildman–Crippen MR) is 40.7 cm³/mol. The summed E-state index contributed by atoms with van der Waals surface area (Å²) < 4.78 is 5.34. The summed E-state index contributed by atoms with van der Waals surface area (Å²) in [4.78, 5) is 0. The molecule has 1 heterocycles. The van der Waals surface area contributed by atoms with Gasteiger partial charge < -0.3 is 14.9 Å². The maximum Gasteiger partial charge on any atom is 0.154 e. The molecule has 0 aromatic carbocycles. The van der Waals surface area contributed by atoms with E-state index in [9.17, 15) is 0 Å². The van der Waals surface area contributed by atoms with Gasteiger partial charge in [0.15, 0.2) is 6.29 Å². The summed E-state index contributed by atoms with van der Waals surface area (Å²) in [5.41, 5.74) is 1.20. The molecule has 1 unspecified atom stereocenters. The molecule has 3 nitrogen and oxygen atoms in total. The maximum absolute atomic E-state index is 8.64. The van der Waals surface area contributed by atoms with Crippen LogP contribution in [-0.4, -0.2) is 22.6 Å². The molecule has 1 aliphatic heterocycles. The second kappa shape index (κ2) is 3.24. The molecule has 11 heavy (non-hydrogen) atoms. The van der Waals surface area contributed by atoms with Gasteiger partial charge in [-0.2, -0.15) is 0 Å². The van der Waals surface area contributed by atoms with Gasteiger partial charge in [-0.05, 0) is 19.4 Å². The fourth-order valence-corrected chi connectivity index (χ4v) is 1.24. The molecule has 0 spiro atoms. The molecule has 3 heteroatoms. The zero-order valence-corrected chi connectivity index (χ0v) is 6.87. The van der Waals surface area contributed by atoms with Crippen molar-refractivity contribution in [3.05, 3.63) is 11.3 Å². The first-order valence-electron chi connectivity index (χ1n) is 3.78. The minimum atomic E-state index is -1.25. The Labute approximate surface area is 66.3 Å². The number of rotatable bonds is 2. The Hall–Kier alpha value is -0.540. The number of aliphatic hydroxyl groups is 2. The molecule has 0 fully saturated rings. The molecule has 0 aromatic heterocycles. The van der Waals surface area contributed by atoms with Crippen LogP contribution < -0.4 is 0 Å². The van der Waals surface area contributed by atoms with Crippen molar-refractivity contribution in [2.75, 3.05) is 0 Å². The highest BCUT2D eigenvalue weighted by Gasteiger charge is 2.21. The molecule has 0 amide bonds. The van der Waals surface area contributed by atoms with Crippen LogP contribution in [0.2, 0.25) is 0 Å². The monoisotopic (exact) mass is 158 g/mol. The van der Waals surface area contributed by atoms with Crippen molar-refractivity contribution in [3.8, 4) is 0 Å². The van der Waals surface area contributed by atoms with Crippen molar-refractivity contribution in [1.29, 1.82) is 0 Å². The van der Waals surface area contributed by atoms with Gasteiger partial charge in [0.05, 0.1) is 5.76 Å². The van der Waals surface area contributed by atoms with Crippen LogP contribution in [0.5, 0.6) is 0 Å². The Morgan fingerprint density at radius 1 is 1.55 bits per heavy atom. The summed E-state index contributed by atoms with van der Waals surface area (Å²) in [6, 6.07) is 0. The van der Waals surface area contributed by atoms with Crippen LogP contribution in [-0.2, 0) is 4.74 Å². The summed E-state index contributed by atoms with van der Waals surface area (Å²) in [7, 11) is 0. The van der Waals surface area contributed by atoms with E-state index in [4.69, 9.17) is 14.9 Å². The SMILES string of the molecule is CC1=C(C)OC(CC(O)O)C1. The van der Waals surface area contributed by atoms with Crippen LogP contribution >= 0.6 is 0 Å². The lowest BCUT2D eigenvalue weighted by atomic mass is 10.1. The normalized spacial score (nSPS) is 24.6. The highest BCUT2D eigenvalue weighted by Crippen LogP contribution is 2.26. The Morgan fingerprint density at radius 3 is 2.55 bits per heavy atom. The average Bonchev–Trinajstić information content (AvgIpc) is 2.10. The maximum atomic E-state index is 8.64. The lowest BCUT2D eigenvalue weighted by molar-refractivity contribution is -0.0702. The number of ether oxygens (including phenoxy) is 1. The molecule has 0 radical (unpaired) electrons. The summed E-state index contributed by atoms with van der Waals surface area (Å²) in [6.07, 6.45) is -0.160. The topological polar surface area (TPSA) is 49.7 Å². The predicted octanol–water partition coefficient (Wildman–Crippen LogP) is 0.770. The van der Waals surface area contributed by atoms with Crippen molar-refractivity contribution in [1.82, 2.24) is 0 Å². The lowest BCUT2D eigenvalue weighted by Crippen LogP contribution is -2.16. The van der Waals surface area contributed by atoms with E-state index in [0.717, 1.165) is 12.2 Å². The van der Waals surface area contributed by atoms with Gasteiger partial charge in [0, 0.05) is 12.8 Å². The van der Waals surface area contributed by atoms with E-state index >= 15 is 0 Å². The van der Waals surface area contributed by atoms with E-state index in [1.165, 1.54) is 5.57 Å². The molecule has 2 N–H and O–H groups in total. The molecule has 1 atom stereocenters. The molecule has 0 saturated carbocycles. The first-order valence-corrected chi connectivity index (χ1v) is 3.78. The summed E-state index contributed by atoms with van der Waals surface area (Å²) in [5.74, 6) is 0.927. The minimum absolute atomic E-state index is 0.0324. The number of aliphatic hydroxyl groups excluding tert-OH is 1. The van der Waals surface area contributed by atoms with Crippen molar-refractivity contribution in [2.45, 2.75) is 39.1 Å². The summed E-state index contributed by atoms with van der Waals surface area (Å²) >= 11 is 0.